The predicted molar refractivity (Wildman–Crippen MR) is 123 cm³/mol. The molecule has 152 valence electrons. The second-order valence-corrected chi connectivity index (χ2v) is 7.98. The highest BCUT2D eigenvalue weighted by Gasteiger charge is 2.26. The molecule has 0 unspecified atom stereocenters. The van der Waals surface area contributed by atoms with Crippen molar-refractivity contribution in [3.63, 3.8) is 0 Å². The summed E-state index contributed by atoms with van der Waals surface area (Å²) < 4.78 is 2.16. The van der Waals surface area contributed by atoms with Crippen molar-refractivity contribution in [2.45, 2.75) is 31.7 Å². The summed E-state index contributed by atoms with van der Waals surface area (Å²) in [5, 5.41) is 4.34. The number of aromatic nitrogens is 1. The van der Waals surface area contributed by atoms with Gasteiger partial charge in [0.25, 0.3) is 0 Å². The predicted octanol–water partition coefficient (Wildman–Crippen LogP) is 5.77. The minimum absolute atomic E-state index is 0.0829. The van der Waals surface area contributed by atoms with Gasteiger partial charge in [0.2, 0.25) is 5.91 Å². The van der Waals surface area contributed by atoms with Gasteiger partial charge in [0.05, 0.1) is 0 Å². The van der Waals surface area contributed by atoms with E-state index in [0.717, 1.165) is 5.56 Å². The van der Waals surface area contributed by atoms with Crippen LogP contribution < -0.4 is 5.32 Å². The van der Waals surface area contributed by atoms with Gasteiger partial charge in [-0.15, -0.1) is 0 Å². The van der Waals surface area contributed by atoms with E-state index in [4.69, 9.17) is 0 Å². The fraction of sp³-hybridized carbons (Fsp3) is 0.222. The molecule has 0 aliphatic carbocycles. The van der Waals surface area contributed by atoms with Crippen molar-refractivity contribution >= 4 is 16.8 Å². The molecular weight excluding hydrogens is 368 g/mol. The van der Waals surface area contributed by atoms with E-state index >= 15 is 0 Å². The molecule has 1 amide bonds. The van der Waals surface area contributed by atoms with E-state index in [2.05, 4.69) is 78.6 Å². The van der Waals surface area contributed by atoms with E-state index in [1.54, 1.807) is 0 Å². The number of hydrogen-bond acceptors (Lipinski definition) is 1. The van der Waals surface area contributed by atoms with Gasteiger partial charge in [0.15, 0.2) is 0 Å². The van der Waals surface area contributed by atoms with Gasteiger partial charge in [-0.05, 0) is 28.7 Å². The van der Waals surface area contributed by atoms with Gasteiger partial charge in [-0.1, -0.05) is 85.8 Å². The van der Waals surface area contributed by atoms with Gasteiger partial charge in [-0.3, -0.25) is 4.79 Å². The Hall–Kier alpha value is -3.33. The zero-order chi connectivity index (χ0) is 20.9. The minimum Gasteiger partial charge on any atom is -0.352 e. The molecule has 4 rings (SSSR count). The lowest BCUT2D eigenvalue weighted by Crippen LogP contribution is -2.26. The zero-order valence-corrected chi connectivity index (χ0v) is 17.6. The fourth-order valence-corrected chi connectivity index (χ4v) is 4.28. The summed E-state index contributed by atoms with van der Waals surface area (Å²) >= 11 is 0. The van der Waals surface area contributed by atoms with Crippen LogP contribution in [-0.2, 0) is 18.4 Å². The Morgan fingerprint density at radius 2 is 1.53 bits per heavy atom. The van der Waals surface area contributed by atoms with Crippen molar-refractivity contribution in [3.8, 4) is 0 Å². The zero-order valence-electron chi connectivity index (χ0n) is 17.6. The van der Waals surface area contributed by atoms with Crippen molar-refractivity contribution in [1.82, 2.24) is 9.88 Å². The second-order valence-electron chi connectivity index (χ2n) is 7.98. The van der Waals surface area contributed by atoms with Gasteiger partial charge in [-0.25, -0.2) is 0 Å². The molecule has 2 atom stereocenters. The number of benzene rings is 3. The Bertz CT molecular complexity index is 1120. The average molecular weight is 397 g/mol. The maximum Gasteiger partial charge on any atom is 0.220 e. The summed E-state index contributed by atoms with van der Waals surface area (Å²) in [6.45, 7) is 2.79. The van der Waals surface area contributed by atoms with E-state index < -0.39 is 0 Å². The number of aryl methyl sites for hydroxylation is 1. The smallest absolute Gasteiger partial charge is 0.220 e. The molecule has 0 radical (unpaired) electrons. The largest absolute Gasteiger partial charge is 0.352 e. The van der Waals surface area contributed by atoms with Gasteiger partial charge in [0, 0.05) is 43.0 Å². The third-order valence-corrected chi connectivity index (χ3v) is 5.99. The van der Waals surface area contributed by atoms with Crippen molar-refractivity contribution in [2.24, 2.45) is 7.05 Å². The molecule has 0 fully saturated rings. The summed E-state index contributed by atoms with van der Waals surface area (Å²) in [5.74, 6) is 0.397. The SMILES string of the molecule is C[C@H](c1ccccc1)[C@@H](CC(=O)NCc1ccccc1)c1cn(C)c2ccccc12. The minimum atomic E-state index is 0.0829. The van der Waals surface area contributed by atoms with E-state index in [0.29, 0.717) is 13.0 Å². The monoisotopic (exact) mass is 396 g/mol. The summed E-state index contributed by atoms with van der Waals surface area (Å²) in [4.78, 5) is 13.0. The van der Waals surface area contributed by atoms with Crippen LogP contribution in [0.1, 0.15) is 41.9 Å². The molecule has 0 spiro atoms. The van der Waals surface area contributed by atoms with Crippen LogP contribution in [0, 0.1) is 0 Å². The first-order chi connectivity index (χ1) is 14.6. The molecule has 3 aromatic carbocycles. The number of fused-ring (bicyclic) bond motifs is 1. The van der Waals surface area contributed by atoms with Crippen molar-refractivity contribution in [2.75, 3.05) is 0 Å². The van der Waals surface area contributed by atoms with E-state index in [1.165, 1.54) is 22.0 Å². The third-order valence-electron chi connectivity index (χ3n) is 5.99. The molecule has 0 bridgehead atoms. The van der Waals surface area contributed by atoms with Crippen LogP contribution >= 0.6 is 0 Å². The highest BCUT2D eigenvalue weighted by molar-refractivity contribution is 5.86. The molecular formula is C27H28N2O. The number of rotatable bonds is 7. The maximum atomic E-state index is 13.0. The Balaban J connectivity index is 1.62. The molecule has 4 aromatic rings. The first-order valence-electron chi connectivity index (χ1n) is 10.5. The van der Waals surface area contributed by atoms with Crippen LogP contribution in [0.5, 0.6) is 0 Å². The molecule has 1 aromatic heterocycles. The molecule has 3 heteroatoms. The van der Waals surface area contributed by atoms with Crippen molar-refractivity contribution in [3.05, 3.63) is 108 Å². The maximum absolute atomic E-state index is 13.0. The van der Waals surface area contributed by atoms with Crippen molar-refractivity contribution in [1.29, 1.82) is 0 Å². The fourth-order valence-electron chi connectivity index (χ4n) is 4.28. The number of nitrogens with zero attached hydrogens (tertiary/aromatic N) is 1. The first-order valence-corrected chi connectivity index (χ1v) is 10.5. The molecule has 1 N–H and O–H groups in total. The van der Waals surface area contributed by atoms with Crippen LogP contribution in [0.25, 0.3) is 10.9 Å². The van der Waals surface area contributed by atoms with Crippen LogP contribution in [0.2, 0.25) is 0 Å². The molecule has 0 aliphatic heterocycles. The van der Waals surface area contributed by atoms with Crippen LogP contribution in [0.4, 0.5) is 0 Å². The number of para-hydroxylation sites is 1. The van der Waals surface area contributed by atoms with Crippen molar-refractivity contribution < 1.29 is 4.79 Å². The highest BCUT2D eigenvalue weighted by atomic mass is 16.1. The van der Waals surface area contributed by atoms with Gasteiger partial charge >= 0.3 is 0 Å². The topological polar surface area (TPSA) is 34.0 Å². The summed E-state index contributed by atoms with van der Waals surface area (Å²) in [7, 11) is 2.07. The summed E-state index contributed by atoms with van der Waals surface area (Å²) in [6, 6.07) is 29.0. The first kappa shape index (κ1) is 20.0. The second kappa shape index (κ2) is 9.00. The van der Waals surface area contributed by atoms with E-state index in [9.17, 15) is 4.79 Å². The van der Waals surface area contributed by atoms with Gasteiger partial charge in [-0.2, -0.15) is 0 Å². The van der Waals surface area contributed by atoms with Gasteiger partial charge < -0.3 is 9.88 Å². The number of carbonyl (C=O) groups excluding carboxylic acids is 1. The molecule has 0 saturated carbocycles. The quantitative estimate of drug-likeness (QED) is 0.423. The molecule has 3 nitrogen and oxygen atoms in total. The molecule has 1 heterocycles. The standard InChI is InChI=1S/C27H28N2O/c1-20(22-13-7-4-8-14-22)24(17-27(30)28-18-21-11-5-3-6-12-21)25-19-29(2)26-16-10-9-15-23(25)26/h3-16,19-20,24H,17-18H2,1-2H3,(H,28,30)/t20-,24-/m1/s1. The third kappa shape index (κ3) is 4.30. The Kier molecular flexibility index (Phi) is 5.99. The lowest BCUT2D eigenvalue weighted by Gasteiger charge is -2.24. The molecule has 0 aliphatic rings. The lowest BCUT2D eigenvalue weighted by molar-refractivity contribution is -0.121. The number of hydrogen-bond donors (Lipinski definition) is 1. The Morgan fingerprint density at radius 1 is 0.900 bits per heavy atom. The Morgan fingerprint density at radius 3 is 2.27 bits per heavy atom. The highest BCUT2D eigenvalue weighted by Crippen LogP contribution is 2.39. The normalized spacial score (nSPS) is 13.1. The van der Waals surface area contributed by atoms with Crippen LogP contribution in [0.15, 0.2) is 91.1 Å². The Labute approximate surface area is 178 Å². The van der Waals surface area contributed by atoms with Gasteiger partial charge in [0.1, 0.15) is 0 Å². The summed E-state index contributed by atoms with van der Waals surface area (Å²) in [5.41, 5.74) is 4.80. The van der Waals surface area contributed by atoms with E-state index in [1.807, 2.05) is 36.4 Å². The summed E-state index contributed by atoms with van der Waals surface area (Å²) in [6.07, 6.45) is 2.65. The lowest BCUT2D eigenvalue weighted by atomic mass is 9.80. The number of carbonyl (C=O) groups is 1. The molecule has 0 saturated heterocycles. The number of nitrogens with one attached hydrogen (secondary N) is 1. The van der Waals surface area contributed by atoms with E-state index in [-0.39, 0.29) is 17.7 Å². The number of amides is 1. The van der Waals surface area contributed by atoms with Crippen LogP contribution in [0.3, 0.4) is 0 Å². The van der Waals surface area contributed by atoms with Crippen LogP contribution in [-0.4, -0.2) is 10.5 Å². The molecule has 30 heavy (non-hydrogen) atoms. The average Bonchev–Trinajstić information content (AvgIpc) is 3.13.